The molecule has 7 heavy (non-hydrogen) atoms. The van der Waals surface area contributed by atoms with Crippen LogP contribution in [0.3, 0.4) is 0 Å². The van der Waals surface area contributed by atoms with Gasteiger partial charge in [-0.1, -0.05) is 13.8 Å². The summed E-state index contributed by atoms with van der Waals surface area (Å²) in [5.74, 6) is 0. The summed E-state index contributed by atoms with van der Waals surface area (Å²) in [4.78, 5) is 0. The number of hydrogen-bond acceptors (Lipinski definition) is 1. The summed E-state index contributed by atoms with van der Waals surface area (Å²) in [5.41, 5.74) is 0. The van der Waals surface area contributed by atoms with Crippen LogP contribution >= 0.6 is 0 Å². The SMILES string of the molecule is CCNCC.[AlH3].[H-].[Li+]. The summed E-state index contributed by atoms with van der Waals surface area (Å²) in [6, 6.07) is 0. The zero-order chi connectivity index (χ0) is 4.12. The summed E-state index contributed by atoms with van der Waals surface area (Å²) in [5, 5.41) is 3.11. The normalized spacial score (nSPS) is 6.00. The molecule has 0 bridgehead atoms. The molecule has 0 saturated heterocycles. The second-order valence-electron chi connectivity index (χ2n) is 0.957. The van der Waals surface area contributed by atoms with Gasteiger partial charge < -0.3 is 6.74 Å². The smallest absolute Gasteiger partial charge is 1.00 e. The minimum absolute atomic E-state index is 0. The van der Waals surface area contributed by atoms with Crippen molar-refractivity contribution >= 4 is 17.4 Å². The molecule has 0 aromatic rings. The van der Waals surface area contributed by atoms with Crippen molar-refractivity contribution in [3.8, 4) is 0 Å². The van der Waals surface area contributed by atoms with Crippen molar-refractivity contribution in [1.82, 2.24) is 5.32 Å². The fourth-order valence-corrected chi connectivity index (χ4v) is 0.250. The first-order chi connectivity index (χ1) is 2.41. The fraction of sp³-hybridized carbons (Fsp3) is 1.00. The average Bonchev–Trinajstić information content (AvgIpc) is 1.41. The van der Waals surface area contributed by atoms with Crippen LogP contribution in [0.25, 0.3) is 0 Å². The van der Waals surface area contributed by atoms with Crippen LogP contribution in [0.2, 0.25) is 0 Å². The molecule has 0 aliphatic heterocycles. The molecule has 3 heteroatoms. The van der Waals surface area contributed by atoms with E-state index in [0.29, 0.717) is 0 Å². The Hall–Kier alpha value is 1.09. The molecular formula is C4H15AlLiN. The van der Waals surface area contributed by atoms with E-state index >= 15 is 0 Å². The first-order valence-corrected chi connectivity index (χ1v) is 2.12. The molecule has 0 aliphatic rings. The first kappa shape index (κ1) is 15.7. The molecule has 0 amide bonds. The van der Waals surface area contributed by atoms with E-state index in [4.69, 9.17) is 0 Å². The van der Waals surface area contributed by atoms with Crippen molar-refractivity contribution in [2.45, 2.75) is 13.8 Å². The van der Waals surface area contributed by atoms with Gasteiger partial charge in [-0.2, -0.15) is 0 Å². The van der Waals surface area contributed by atoms with Crippen molar-refractivity contribution < 1.29 is 20.3 Å². The third-order valence-electron chi connectivity index (χ3n) is 0.500. The molecule has 0 fully saturated rings. The van der Waals surface area contributed by atoms with Gasteiger partial charge in [0.05, 0.1) is 0 Å². The Morgan fingerprint density at radius 3 is 1.57 bits per heavy atom. The van der Waals surface area contributed by atoms with Gasteiger partial charge in [0.15, 0.2) is 17.4 Å². The number of rotatable bonds is 2. The van der Waals surface area contributed by atoms with Crippen molar-refractivity contribution in [3.05, 3.63) is 0 Å². The van der Waals surface area contributed by atoms with E-state index in [-0.39, 0.29) is 37.6 Å². The van der Waals surface area contributed by atoms with E-state index in [1.165, 1.54) is 0 Å². The van der Waals surface area contributed by atoms with Gasteiger partial charge in [0.25, 0.3) is 0 Å². The van der Waals surface area contributed by atoms with Crippen LogP contribution in [0.15, 0.2) is 0 Å². The van der Waals surface area contributed by atoms with Crippen molar-refractivity contribution in [3.63, 3.8) is 0 Å². The molecule has 1 nitrogen and oxygen atoms in total. The summed E-state index contributed by atoms with van der Waals surface area (Å²) >= 11 is 0. The van der Waals surface area contributed by atoms with Gasteiger partial charge in [-0.15, -0.1) is 0 Å². The molecule has 0 radical (unpaired) electrons. The van der Waals surface area contributed by atoms with Crippen LogP contribution in [0.1, 0.15) is 15.3 Å². The minimum atomic E-state index is 0. The Balaban J connectivity index is -0.0000000267. The van der Waals surface area contributed by atoms with E-state index < -0.39 is 0 Å². The summed E-state index contributed by atoms with van der Waals surface area (Å²) in [6.07, 6.45) is 0. The fourth-order valence-electron chi connectivity index (χ4n) is 0.250. The van der Waals surface area contributed by atoms with Gasteiger partial charge in [-0.05, 0) is 13.1 Å². The summed E-state index contributed by atoms with van der Waals surface area (Å²) in [7, 11) is 0. The Morgan fingerprint density at radius 2 is 1.57 bits per heavy atom. The molecule has 0 aromatic heterocycles. The standard InChI is InChI=1S/C4H11N.Al.Li.4H/c1-3-5-4-2;;;;;;/h5H,3-4H2,1-2H3;;;;;;/q;;+1;;;;-1. The van der Waals surface area contributed by atoms with Crippen LogP contribution in [-0.2, 0) is 0 Å². The predicted molar refractivity (Wildman–Crippen MR) is 35.3 cm³/mol. The molecule has 0 saturated carbocycles. The Labute approximate surface area is 70.0 Å². The first-order valence-electron chi connectivity index (χ1n) is 2.12. The van der Waals surface area contributed by atoms with Gasteiger partial charge in [-0.25, -0.2) is 0 Å². The van der Waals surface area contributed by atoms with E-state index in [0.717, 1.165) is 13.1 Å². The third kappa shape index (κ3) is 19.2. The van der Waals surface area contributed by atoms with Crippen molar-refractivity contribution in [1.29, 1.82) is 0 Å². The predicted octanol–water partition coefficient (Wildman–Crippen LogP) is -3.45. The number of nitrogens with one attached hydrogen (secondary N) is 1. The maximum atomic E-state index is 3.11. The van der Waals surface area contributed by atoms with Crippen molar-refractivity contribution in [2.24, 2.45) is 0 Å². The second kappa shape index (κ2) is 15.7. The third-order valence-corrected chi connectivity index (χ3v) is 0.500. The molecule has 1 N–H and O–H groups in total. The summed E-state index contributed by atoms with van der Waals surface area (Å²) in [6.45, 7) is 6.39. The molecule has 0 aromatic carbocycles. The largest absolute Gasteiger partial charge is 1.00 e. The molecule has 0 atom stereocenters. The Bertz CT molecular complexity index is 23.5. The van der Waals surface area contributed by atoms with Crippen molar-refractivity contribution in [2.75, 3.05) is 13.1 Å². The Kier molecular flexibility index (Phi) is 35.2. The molecule has 0 heterocycles. The maximum Gasteiger partial charge on any atom is 1.00 e. The molecule has 0 rings (SSSR count). The van der Waals surface area contributed by atoms with Gasteiger partial charge in [0.2, 0.25) is 0 Å². The van der Waals surface area contributed by atoms with Crippen LogP contribution in [-0.4, -0.2) is 30.5 Å². The summed E-state index contributed by atoms with van der Waals surface area (Å²) < 4.78 is 0. The van der Waals surface area contributed by atoms with Crippen LogP contribution in [0.4, 0.5) is 0 Å². The monoisotopic (exact) mass is 111 g/mol. The van der Waals surface area contributed by atoms with E-state index in [1.54, 1.807) is 0 Å². The molecule has 0 aliphatic carbocycles. The second-order valence-corrected chi connectivity index (χ2v) is 0.957. The van der Waals surface area contributed by atoms with Crippen LogP contribution in [0, 0.1) is 0 Å². The molecule has 40 valence electrons. The minimum Gasteiger partial charge on any atom is -1.00 e. The quantitative estimate of drug-likeness (QED) is 0.365. The molecule has 0 unspecified atom stereocenters. The molecule has 0 spiro atoms. The average molecular weight is 111 g/mol. The zero-order valence-electron chi connectivity index (χ0n) is 5.91. The maximum absolute atomic E-state index is 3.11. The molecular weight excluding hydrogens is 96.0 g/mol. The zero-order valence-corrected chi connectivity index (χ0v) is 4.91. The van der Waals surface area contributed by atoms with Gasteiger partial charge in [0, 0.05) is 0 Å². The van der Waals surface area contributed by atoms with E-state index in [1.807, 2.05) is 0 Å². The van der Waals surface area contributed by atoms with Gasteiger partial charge >= 0.3 is 18.9 Å². The Morgan fingerprint density at radius 1 is 1.29 bits per heavy atom. The van der Waals surface area contributed by atoms with Gasteiger partial charge in [-0.3, -0.25) is 0 Å². The van der Waals surface area contributed by atoms with E-state index in [2.05, 4.69) is 19.2 Å². The van der Waals surface area contributed by atoms with Crippen LogP contribution in [0.5, 0.6) is 0 Å². The van der Waals surface area contributed by atoms with Crippen LogP contribution < -0.4 is 24.2 Å². The van der Waals surface area contributed by atoms with Gasteiger partial charge in [0.1, 0.15) is 0 Å². The van der Waals surface area contributed by atoms with E-state index in [9.17, 15) is 0 Å². The topological polar surface area (TPSA) is 12.0 Å². The number of hydrogen-bond donors (Lipinski definition) is 1.